The number of aliphatic carboxylic acids is 1. The molecule has 0 aromatic heterocycles. The Kier molecular flexibility index (Phi) is 4.85. The van der Waals surface area contributed by atoms with Crippen LogP contribution in [0.4, 0.5) is 0 Å². The summed E-state index contributed by atoms with van der Waals surface area (Å²) in [6, 6.07) is 0. The van der Waals surface area contributed by atoms with Crippen LogP contribution in [-0.2, 0) is 9.53 Å². The molecule has 1 aliphatic carbocycles. The van der Waals surface area contributed by atoms with Gasteiger partial charge in [0.15, 0.2) is 0 Å². The van der Waals surface area contributed by atoms with Gasteiger partial charge in [0.1, 0.15) is 0 Å². The summed E-state index contributed by atoms with van der Waals surface area (Å²) in [5, 5.41) is 9.33. The molecule has 4 nitrogen and oxygen atoms in total. The third-order valence-electron chi connectivity index (χ3n) is 4.96. The van der Waals surface area contributed by atoms with E-state index in [9.17, 15) is 9.90 Å². The van der Waals surface area contributed by atoms with Crippen LogP contribution in [0, 0.1) is 11.8 Å². The summed E-state index contributed by atoms with van der Waals surface area (Å²) >= 11 is 0. The normalized spacial score (nSPS) is 33.5. The zero-order valence-electron chi connectivity index (χ0n) is 12.2. The Balaban J connectivity index is 2.15. The molecule has 2 aliphatic rings. The molecule has 1 saturated carbocycles. The van der Waals surface area contributed by atoms with Crippen LogP contribution in [-0.4, -0.2) is 47.8 Å². The lowest BCUT2D eigenvalue weighted by atomic mass is 9.69. The summed E-state index contributed by atoms with van der Waals surface area (Å²) in [5.41, 5.74) is -0.122. The van der Waals surface area contributed by atoms with Gasteiger partial charge < -0.3 is 9.84 Å². The van der Waals surface area contributed by atoms with Crippen molar-refractivity contribution in [2.45, 2.75) is 51.5 Å². The van der Waals surface area contributed by atoms with E-state index in [-0.39, 0.29) is 12.0 Å². The van der Waals surface area contributed by atoms with Crippen LogP contribution in [0.3, 0.4) is 0 Å². The first-order valence-electron chi connectivity index (χ1n) is 7.58. The van der Waals surface area contributed by atoms with E-state index in [0.29, 0.717) is 11.8 Å². The Morgan fingerprint density at radius 2 is 2.11 bits per heavy atom. The summed E-state index contributed by atoms with van der Waals surface area (Å²) in [7, 11) is 0. The lowest BCUT2D eigenvalue weighted by molar-refractivity contribution is -0.143. The molecule has 2 rings (SSSR count). The van der Waals surface area contributed by atoms with Crippen molar-refractivity contribution in [3.05, 3.63) is 0 Å². The van der Waals surface area contributed by atoms with E-state index in [0.717, 1.165) is 45.6 Å². The number of carbonyl (C=O) groups is 1. The number of ether oxygens (including phenoxy) is 1. The Bertz CT molecular complexity index is 313. The number of hydrogen-bond acceptors (Lipinski definition) is 3. The molecule has 0 amide bonds. The minimum Gasteiger partial charge on any atom is -0.481 e. The van der Waals surface area contributed by atoms with E-state index in [4.69, 9.17) is 4.74 Å². The van der Waals surface area contributed by atoms with E-state index in [1.807, 2.05) is 0 Å². The second kappa shape index (κ2) is 6.23. The third kappa shape index (κ3) is 3.48. The number of carboxylic acid groups (broad SMARTS) is 1. The summed E-state index contributed by atoms with van der Waals surface area (Å²) in [5.74, 6) is 0.654. The van der Waals surface area contributed by atoms with Gasteiger partial charge in [-0.05, 0) is 24.7 Å². The fourth-order valence-corrected chi connectivity index (χ4v) is 3.83. The van der Waals surface area contributed by atoms with Gasteiger partial charge in [-0.15, -0.1) is 0 Å². The number of nitrogens with zero attached hydrogens (tertiary/aromatic N) is 1. The number of hydrogen-bond donors (Lipinski definition) is 1. The highest BCUT2D eigenvalue weighted by molar-refractivity contribution is 5.68. The van der Waals surface area contributed by atoms with E-state index in [1.165, 1.54) is 6.42 Å². The van der Waals surface area contributed by atoms with Crippen LogP contribution in [0.2, 0.25) is 0 Å². The van der Waals surface area contributed by atoms with Crippen LogP contribution < -0.4 is 0 Å². The van der Waals surface area contributed by atoms with Crippen molar-refractivity contribution in [2.75, 3.05) is 26.3 Å². The highest BCUT2D eigenvalue weighted by atomic mass is 16.5. The zero-order chi connectivity index (χ0) is 13.9. The van der Waals surface area contributed by atoms with Gasteiger partial charge in [-0.1, -0.05) is 26.7 Å². The van der Waals surface area contributed by atoms with Crippen LogP contribution >= 0.6 is 0 Å². The van der Waals surface area contributed by atoms with Crippen molar-refractivity contribution in [1.29, 1.82) is 0 Å². The first-order valence-corrected chi connectivity index (χ1v) is 7.58. The predicted octanol–water partition coefficient (Wildman–Crippen LogP) is 2.38. The minimum absolute atomic E-state index is 0.122. The summed E-state index contributed by atoms with van der Waals surface area (Å²) < 4.78 is 5.43. The highest BCUT2D eigenvalue weighted by Crippen LogP contribution is 2.42. The number of carboxylic acids is 1. The summed E-state index contributed by atoms with van der Waals surface area (Å²) in [6.07, 6.45) is 4.77. The maximum absolute atomic E-state index is 11.3. The lowest BCUT2D eigenvalue weighted by Gasteiger charge is -2.50. The molecule has 0 aromatic carbocycles. The first-order chi connectivity index (χ1) is 9.03. The maximum Gasteiger partial charge on any atom is 0.305 e. The third-order valence-corrected chi connectivity index (χ3v) is 4.96. The Labute approximate surface area is 116 Å². The van der Waals surface area contributed by atoms with Crippen molar-refractivity contribution in [1.82, 2.24) is 4.90 Å². The van der Waals surface area contributed by atoms with Gasteiger partial charge in [-0.3, -0.25) is 9.69 Å². The maximum atomic E-state index is 11.3. The number of morpholine rings is 1. The molecule has 2 atom stereocenters. The van der Waals surface area contributed by atoms with Crippen molar-refractivity contribution in [3.63, 3.8) is 0 Å². The largest absolute Gasteiger partial charge is 0.481 e. The molecular formula is C15H27NO3. The molecule has 0 aromatic rings. The average Bonchev–Trinajstić information content (AvgIpc) is 2.39. The molecule has 19 heavy (non-hydrogen) atoms. The van der Waals surface area contributed by atoms with Crippen LogP contribution in [0.25, 0.3) is 0 Å². The molecule has 2 unspecified atom stereocenters. The number of rotatable bonds is 4. The highest BCUT2D eigenvalue weighted by Gasteiger charge is 2.43. The van der Waals surface area contributed by atoms with Crippen molar-refractivity contribution >= 4 is 5.97 Å². The molecule has 0 bridgehead atoms. The second-order valence-corrected chi connectivity index (χ2v) is 6.49. The van der Waals surface area contributed by atoms with Gasteiger partial charge in [-0.2, -0.15) is 0 Å². The molecule has 1 aliphatic heterocycles. The van der Waals surface area contributed by atoms with E-state index >= 15 is 0 Å². The Morgan fingerprint density at radius 3 is 2.68 bits per heavy atom. The molecule has 1 N–H and O–H groups in total. The van der Waals surface area contributed by atoms with Gasteiger partial charge in [-0.25, -0.2) is 0 Å². The van der Waals surface area contributed by atoms with E-state index in [1.54, 1.807) is 0 Å². The van der Waals surface area contributed by atoms with Crippen molar-refractivity contribution < 1.29 is 14.6 Å². The van der Waals surface area contributed by atoms with E-state index < -0.39 is 5.97 Å². The van der Waals surface area contributed by atoms with Crippen LogP contribution in [0.1, 0.15) is 46.0 Å². The average molecular weight is 269 g/mol. The van der Waals surface area contributed by atoms with E-state index in [2.05, 4.69) is 18.7 Å². The van der Waals surface area contributed by atoms with Gasteiger partial charge in [0.2, 0.25) is 0 Å². The molecule has 110 valence electrons. The lowest BCUT2D eigenvalue weighted by Crippen LogP contribution is -2.56. The molecule has 0 spiro atoms. The fourth-order valence-electron chi connectivity index (χ4n) is 3.83. The molecule has 2 fully saturated rings. The zero-order valence-corrected chi connectivity index (χ0v) is 12.2. The van der Waals surface area contributed by atoms with Crippen molar-refractivity contribution in [2.24, 2.45) is 11.8 Å². The molecule has 4 heteroatoms. The van der Waals surface area contributed by atoms with Crippen molar-refractivity contribution in [3.8, 4) is 0 Å². The van der Waals surface area contributed by atoms with Gasteiger partial charge >= 0.3 is 5.97 Å². The molecule has 0 radical (unpaired) electrons. The molecular weight excluding hydrogens is 242 g/mol. The van der Waals surface area contributed by atoms with Gasteiger partial charge in [0.05, 0.1) is 19.6 Å². The van der Waals surface area contributed by atoms with Crippen LogP contribution in [0.5, 0.6) is 0 Å². The second-order valence-electron chi connectivity index (χ2n) is 6.49. The quantitative estimate of drug-likeness (QED) is 0.851. The Hall–Kier alpha value is -0.610. The monoisotopic (exact) mass is 269 g/mol. The summed E-state index contributed by atoms with van der Waals surface area (Å²) in [6.45, 7) is 7.79. The SMILES string of the molecule is CC(C)C1CCCC(CC(=O)O)(N2CCOCC2)C1. The Morgan fingerprint density at radius 1 is 1.42 bits per heavy atom. The fraction of sp³-hybridized carbons (Fsp3) is 0.933. The standard InChI is InChI=1S/C15H27NO3/c1-12(2)13-4-3-5-15(10-13,11-14(17)18)16-6-8-19-9-7-16/h12-13H,3-11H2,1-2H3,(H,17,18). The summed E-state index contributed by atoms with van der Waals surface area (Å²) in [4.78, 5) is 13.7. The minimum atomic E-state index is -0.657. The van der Waals surface area contributed by atoms with Crippen LogP contribution in [0.15, 0.2) is 0 Å². The first kappa shape index (κ1) is 14.8. The molecule has 1 heterocycles. The van der Waals surface area contributed by atoms with Gasteiger partial charge in [0.25, 0.3) is 0 Å². The van der Waals surface area contributed by atoms with Gasteiger partial charge in [0, 0.05) is 18.6 Å². The smallest absolute Gasteiger partial charge is 0.305 e. The predicted molar refractivity (Wildman–Crippen MR) is 74.2 cm³/mol. The topological polar surface area (TPSA) is 49.8 Å². The molecule has 1 saturated heterocycles.